The summed E-state index contributed by atoms with van der Waals surface area (Å²) in [5.41, 5.74) is 2.99. The van der Waals surface area contributed by atoms with Gasteiger partial charge in [-0.1, -0.05) is 53.0 Å². The second-order valence-electron chi connectivity index (χ2n) is 5.14. The summed E-state index contributed by atoms with van der Waals surface area (Å²) in [5, 5.41) is 11.2. The second kappa shape index (κ2) is 6.85. The van der Waals surface area contributed by atoms with Gasteiger partial charge in [0.25, 0.3) is 5.91 Å². The number of nitrogens with zero attached hydrogens (tertiary/aromatic N) is 1. The number of carbonyl (C=O) groups excluding carboxylic acids is 1. The van der Waals surface area contributed by atoms with Gasteiger partial charge in [-0.3, -0.25) is 9.89 Å². The molecule has 0 saturated heterocycles. The van der Waals surface area contributed by atoms with Gasteiger partial charge in [0.2, 0.25) is 0 Å². The lowest BCUT2D eigenvalue weighted by Gasteiger charge is -2.09. The van der Waals surface area contributed by atoms with Crippen molar-refractivity contribution in [1.29, 1.82) is 0 Å². The SMILES string of the molecule is Cc1[nH]nc(-c2ccccc2Cl)c1NC(=O)c1ccc(Cl)c(Cl)c1. The third-order valence-corrected chi connectivity index (χ3v) is 4.57. The zero-order chi connectivity index (χ0) is 17.3. The molecule has 0 saturated carbocycles. The molecule has 0 aliphatic heterocycles. The second-order valence-corrected chi connectivity index (χ2v) is 6.36. The first-order valence-corrected chi connectivity index (χ1v) is 8.17. The van der Waals surface area contributed by atoms with E-state index in [1.165, 1.54) is 6.07 Å². The van der Waals surface area contributed by atoms with Crippen molar-refractivity contribution in [1.82, 2.24) is 10.2 Å². The molecular weight excluding hydrogens is 369 g/mol. The van der Waals surface area contributed by atoms with Crippen molar-refractivity contribution >= 4 is 46.4 Å². The Morgan fingerprint density at radius 2 is 1.79 bits per heavy atom. The van der Waals surface area contributed by atoms with Gasteiger partial charge in [-0.15, -0.1) is 0 Å². The van der Waals surface area contributed by atoms with Crippen molar-refractivity contribution in [3.8, 4) is 11.3 Å². The average molecular weight is 381 g/mol. The minimum atomic E-state index is -0.314. The number of hydrogen-bond acceptors (Lipinski definition) is 2. The number of aryl methyl sites for hydroxylation is 1. The van der Waals surface area contributed by atoms with Crippen LogP contribution in [0, 0.1) is 6.92 Å². The van der Waals surface area contributed by atoms with Crippen molar-refractivity contribution in [2.75, 3.05) is 5.32 Å². The topological polar surface area (TPSA) is 57.8 Å². The fourth-order valence-corrected chi connectivity index (χ4v) is 2.78. The van der Waals surface area contributed by atoms with E-state index in [4.69, 9.17) is 34.8 Å². The van der Waals surface area contributed by atoms with E-state index >= 15 is 0 Å². The Morgan fingerprint density at radius 1 is 1.04 bits per heavy atom. The molecule has 0 bridgehead atoms. The highest BCUT2D eigenvalue weighted by molar-refractivity contribution is 6.42. The molecule has 4 nitrogen and oxygen atoms in total. The maximum atomic E-state index is 12.5. The normalized spacial score (nSPS) is 10.7. The van der Waals surface area contributed by atoms with Gasteiger partial charge in [0, 0.05) is 11.1 Å². The molecule has 2 aromatic carbocycles. The van der Waals surface area contributed by atoms with E-state index in [-0.39, 0.29) is 5.91 Å². The van der Waals surface area contributed by atoms with E-state index in [0.717, 1.165) is 11.3 Å². The molecule has 0 radical (unpaired) electrons. The summed E-state index contributed by atoms with van der Waals surface area (Å²) in [6.07, 6.45) is 0. The highest BCUT2D eigenvalue weighted by atomic mass is 35.5. The lowest BCUT2D eigenvalue weighted by molar-refractivity contribution is 0.102. The molecule has 1 aromatic heterocycles. The Kier molecular flexibility index (Phi) is 4.81. The van der Waals surface area contributed by atoms with Gasteiger partial charge < -0.3 is 5.32 Å². The van der Waals surface area contributed by atoms with Crippen LogP contribution in [0.1, 0.15) is 16.1 Å². The summed E-state index contributed by atoms with van der Waals surface area (Å²) in [5.74, 6) is -0.314. The van der Waals surface area contributed by atoms with Gasteiger partial charge in [0.1, 0.15) is 5.69 Å². The van der Waals surface area contributed by atoms with E-state index in [2.05, 4.69) is 15.5 Å². The molecule has 24 heavy (non-hydrogen) atoms. The van der Waals surface area contributed by atoms with Crippen LogP contribution in [0.5, 0.6) is 0 Å². The predicted molar refractivity (Wildman–Crippen MR) is 98.2 cm³/mol. The monoisotopic (exact) mass is 379 g/mol. The first-order chi connectivity index (χ1) is 11.5. The van der Waals surface area contributed by atoms with Gasteiger partial charge in [-0.25, -0.2) is 0 Å². The molecule has 2 N–H and O–H groups in total. The van der Waals surface area contributed by atoms with Crippen LogP contribution >= 0.6 is 34.8 Å². The molecule has 3 aromatic rings. The number of rotatable bonds is 3. The highest BCUT2D eigenvalue weighted by Crippen LogP contribution is 2.33. The zero-order valence-corrected chi connectivity index (χ0v) is 14.8. The van der Waals surface area contributed by atoms with Gasteiger partial charge in [0.15, 0.2) is 0 Å². The number of nitrogens with one attached hydrogen (secondary N) is 2. The molecule has 0 aliphatic rings. The number of H-pyrrole nitrogens is 1. The molecule has 0 fully saturated rings. The number of anilines is 1. The third-order valence-electron chi connectivity index (χ3n) is 3.50. The van der Waals surface area contributed by atoms with Gasteiger partial charge in [-0.05, 0) is 31.2 Å². The van der Waals surface area contributed by atoms with E-state index in [9.17, 15) is 4.79 Å². The first kappa shape index (κ1) is 16.8. The maximum absolute atomic E-state index is 12.5. The molecule has 7 heteroatoms. The lowest BCUT2D eigenvalue weighted by atomic mass is 10.1. The average Bonchev–Trinajstić information content (AvgIpc) is 2.91. The quantitative estimate of drug-likeness (QED) is 0.621. The molecule has 122 valence electrons. The fraction of sp³-hybridized carbons (Fsp3) is 0.0588. The molecule has 0 aliphatic carbocycles. The van der Waals surface area contributed by atoms with Crippen LogP contribution in [-0.2, 0) is 0 Å². The Balaban J connectivity index is 1.96. The summed E-state index contributed by atoms with van der Waals surface area (Å²) in [4.78, 5) is 12.5. The molecule has 1 amide bonds. The summed E-state index contributed by atoms with van der Waals surface area (Å²) < 4.78 is 0. The lowest BCUT2D eigenvalue weighted by Crippen LogP contribution is -2.13. The number of carbonyl (C=O) groups is 1. The van der Waals surface area contributed by atoms with Crippen molar-refractivity contribution < 1.29 is 4.79 Å². The van der Waals surface area contributed by atoms with Crippen molar-refractivity contribution in [3.05, 3.63) is 68.8 Å². The van der Waals surface area contributed by atoms with Crippen LogP contribution in [0.25, 0.3) is 11.3 Å². The van der Waals surface area contributed by atoms with Crippen LogP contribution in [-0.4, -0.2) is 16.1 Å². The number of halogens is 3. The maximum Gasteiger partial charge on any atom is 0.255 e. The molecule has 0 atom stereocenters. The van der Waals surface area contributed by atoms with E-state index in [1.807, 2.05) is 25.1 Å². The molecule has 3 rings (SSSR count). The molecule has 0 spiro atoms. The summed E-state index contributed by atoms with van der Waals surface area (Å²) in [6, 6.07) is 12.0. The first-order valence-electron chi connectivity index (χ1n) is 7.03. The zero-order valence-electron chi connectivity index (χ0n) is 12.5. The predicted octanol–water partition coefficient (Wildman–Crippen LogP) is 5.60. The summed E-state index contributed by atoms with van der Waals surface area (Å²) in [6.45, 7) is 1.82. The fourth-order valence-electron chi connectivity index (χ4n) is 2.25. The van der Waals surface area contributed by atoms with Crippen molar-refractivity contribution in [2.24, 2.45) is 0 Å². The Labute approximate surface area is 153 Å². The Morgan fingerprint density at radius 3 is 2.50 bits per heavy atom. The standard InChI is InChI=1S/C17H12Cl3N3O/c1-9-15(16(23-22-9)11-4-2-3-5-12(11)18)21-17(24)10-6-7-13(19)14(20)8-10/h2-8H,1H3,(H,21,24)(H,22,23). The number of aromatic nitrogens is 2. The van der Waals surface area contributed by atoms with Gasteiger partial charge in [0.05, 0.1) is 26.4 Å². The minimum Gasteiger partial charge on any atom is -0.319 e. The van der Waals surface area contributed by atoms with Crippen LogP contribution in [0.15, 0.2) is 42.5 Å². The molecule has 1 heterocycles. The number of aromatic amines is 1. The van der Waals surface area contributed by atoms with E-state index in [0.29, 0.717) is 32.0 Å². The van der Waals surface area contributed by atoms with E-state index in [1.54, 1.807) is 18.2 Å². The van der Waals surface area contributed by atoms with Gasteiger partial charge in [-0.2, -0.15) is 5.10 Å². The Hall–Kier alpha value is -2.01. The van der Waals surface area contributed by atoms with Crippen LogP contribution in [0.4, 0.5) is 5.69 Å². The smallest absolute Gasteiger partial charge is 0.255 e. The van der Waals surface area contributed by atoms with Crippen molar-refractivity contribution in [3.63, 3.8) is 0 Å². The summed E-state index contributed by atoms with van der Waals surface area (Å²) in [7, 11) is 0. The molecule has 0 unspecified atom stereocenters. The van der Waals surface area contributed by atoms with Gasteiger partial charge >= 0.3 is 0 Å². The highest BCUT2D eigenvalue weighted by Gasteiger charge is 2.18. The van der Waals surface area contributed by atoms with Crippen LogP contribution in [0.3, 0.4) is 0 Å². The molecular formula is C17H12Cl3N3O. The van der Waals surface area contributed by atoms with Crippen LogP contribution < -0.4 is 5.32 Å². The largest absolute Gasteiger partial charge is 0.319 e. The van der Waals surface area contributed by atoms with Crippen LogP contribution in [0.2, 0.25) is 15.1 Å². The minimum absolute atomic E-state index is 0.314. The van der Waals surface area contributed by atoms with E-state index < -0.39 is 0 Å². The Bertz CT molecular complexity index is 921. The number of hydrogen-bond donors (Lipinski definition) is 2. The summed E-state index contributed by atoms with van der Waals surface area (Å²) >= 11 is 18.1. The van der Waals surface area contributed by atoms with Crippen molar-refractivity contribution in [2.45, 2.75) is 6.92 Å². The third kappa shape index (κ3) is 3.26. The number of amides is 1. The number of benzene rings is 2.